The Balaban J connectivity index is 1.89. The molecule has 1 heterocycles. The molecule has 7 nitrogen and oxygen atoms in total. The number of carbonyl (C=O) groups is 1. The van der Waals surface area contributed by atoms with Crippen LogP contribution in [0.4, 0.5) is 0 Å². The van der Waals surface area contributed by atoms with Crippen LogP contribution in [0.1, 0.15) is 56.4 Å². The topological polar surface area (TPSA) is 81.5 Å². The standard InChI is InChI=1S/C24H35N3O4S/c1-18(2)27(23(28)21-7-5-6-8-21)16-22-15-25-24(26(22)13-14-31-4)32(29,30)17-20-11-9-19(3)10-12-20/h9-12,15,18,21H,5-8,13-14,16-17H2,1-4H3. The summed E-state index contributed by atoms with van der Waals surface area (Å²) < 4.78 is 33.4. The number of aryl methyl sites for hydroxylation is 1. The molecule has 0 radical (unpaired) electrons. The molecule has 0 atom stereocenters. The lowest BCUT2D eigenvalue weighted by Crippen LogP contribution is -2.40. The monoisotopic (exact) mass is 461 g/mol. The summed E-state index contributed by atoms with van der Waals surface area (Å²) in [5.74, 6) is 0.101. The van der Waals surface area contributed by atoms with Gasteiger partial charge in [0.25, 0.3) is 0 Å². The predicted octanol–water partition coefficient (Wildman–Crippen LogP) is 3.74. The molecule has 2 aromatic rings. The third-order valence-corrected chi connectivity index (χ3v) is 7.71. The van der Waals surface area contributed by atoms with Gasteiger partial charge < -0.3 is 14.2 Å². The van der Waals surface area contributed by atoms with E-state index < -0.39 is 9.84 Å². The number of sulfone groups is 1. The number of benzene rings is 1. The molecular formula is C24H35N3O4S. The Kier molecular flexibility index (Phi) is 8.11. The zero-order chi connectivity index (χ0) is 23.3. The zero-order valence-corrected chi connectivity index (χ0v) is 20.4. The van der Waals surface area contributed by atoms with Crippen LogP contribution >= 0.6 is 0 Å². The summed E-state index contributed by atoms with van der Waals surface area (Å²) in [6.07, 6.45) is 5.64. The zero-order valence-electron chi connectivity index (χ0n) is 19.6. The van der Waals surface area contributed by atoms with Gasteiger partial charge in [-0.2, -0.15) is 0 Å². The summed E-state index contributed by atoms with van der Waals surface area (Å²) in [4.78, 5) is 19.3. The highest BCUT2D eigenvalue weighted by molar-refractivity contribution is 7.90. The second-order valence-corrected chi connectivity index (χ2v) is 10.8. The minimum Gasteiger partial charge on any atom is -0.383 e. The minimum absolute atomic E-state index is 0.0153. The van der Waals surface area contributed by atoms with Crippen molar-refractivity contribution in [1.29, 1.82) is 0 Å². The van der Waals surface area contributed by atoms with Crippen LogP contribution < -0.4 is 0 Å². The van der Waals surface area contributed by atoms with E-state index >= 15 is 0 Å². The molecule has 0 N–H and O–H groups in total. The fraction of sp³-hybridized carbons (Fsp3) is 0.583. The highest BCUT2D eigenvalue weighted by Gasteiger charge is 2.31. The van der Waals surface area contributed by atoms with Crippen molar-refractivity contribution in [2.24, 2.45) is 5.92 Å². The van der Waals surface area contributed by atoms with Crippen LogP contribution in [-0.2, 0) is 38.2 Å². The van der Waals surface area contributed by atoms with Gasteiger partial charge in [-0.1, -0.05) is 42.7 Å². The molecule has 0 unspecified atom stereocenters. The molecule has 1 aliphatic rings. The molecular weight excluding hydrogens is 426 g/mol. The molecule has 8 heteroatoms. The molecule has 1 saturated carbocycles. The highest BCUT2D eigenvalue weighted by Crippen LogP contribution is 2.28. The van der Waals surface area contributed by atoms with E-state index in [-0.39, 0.29) is 28.8 Å². The maximum atomic E-state index is 13.2. The quantitative estimate of drug-likeness (QED) is 0.538. The Labute approximate surface area is 191 Å². The van der Waals surface area contributed by atoms with E-state index in [9.17, 15) is 13.2 Å². The first-order valence-electron chi connectivity index (χ1n) is 11.3. The summed E-state index contributed by atoms with van der Waals surface area (Å²) >= 11 is 0. The molecule has 0 saturated heterocycles. The summed E-state index contributed by atoms with van der Waals surface area (Å²) in [5.41, 5.74) is 2.51. The number of hydrogen-bond acceptors (Lipinski definition) is 5. The normalized spacial score (nSPS) is 14.9. The number of carbonyl (C=O) groups excluding carboxylic acids is 1. The van der Waals surface area contributed by atoms with Crippen molar-refractivity contribution >= 4 is 15.7 Å². The highest BCUT2D eigenvalue weighted by atomic mass is 32.2. The third kappa shape index (κ3) is 5.78. The Hall–Kier alpha value is -2.19. The second-order valence-electron chi connectivity index (χ2n) is 8.96. The summed E-state index contributed by atoms with van der Waals surface area (Å²) in [7, 11) is -2.08. The van der Waals surface area contributed by atoms with Crippen LogP contribution in [0.25, 0.3) is 0 Å². The third-order valence-electron chi connectivity index (χ3n) is 6.12. The lowest BCUT2D eigenvalue weighted by atomic mass is 10.1. The van der Waals surface area contributed by atoms with Crippen molar-refractivity contribution in [2.45, 2.75) is 76.5 Å². The average molecular weight is 462 g/mol. The fourth-order valence-electron chi connectivity index (χ4n) is 4.25. The smallest absolute Gasteiger partial charge is 0.228 e. The Morgan fingerprint density at radius 1 is 1.22 bits per heavy atom. The number of imidazole rings is 1. The van der Waals surface area contributed by atoms with Crippen LogP contribution in [0.2, 0.25) is 0 Å². The summed E-state index contributed by atoms with van der Waals surface area (Å²) in [6.45, 7) is 7.02. The molecule has 0 spiro atoms. The van der Waals surface area contributed by atoms with Crippen LogP contribution in [0.3, 0.4) is 0 Å². The Bertz CT molecular complexity index is 1010. The average Bonchev–Trinajstić information content (AvgIpc) is 3.41. The number of methoxy groups -OCH3 is 1. The lowest BCUT2D eigenvalue weighted by Gasteiger charge is -2.29. The lowest BCUT2D eigenvalue weighted by molar-refractivity contribution is -0.137. The van der Waals surface area contributed by atoms with Crippen molar-refractivity contribution in [1.82, 2.24) is 14.5 Å². The maximum Gasteiger partial charge on any atom is 0.228 e. The van der Waals surface area contributed by atoms with Crippen LogP contribution in [-0.4, -0.2) is 48.5 Å². The van der Waals surface area contributed by atoms with Crippen LogP contribution in [0, 0.1) is 12.8 Å². The number of rotatable bonds is 10. The molecule has 1 aromatic heterocycles. The van der Waals surface area contributed by atoms with Gasteiger partial charge in [0.2, 0.25) is 20.9 Å². The van der Waals surface area contributed by atoms with E-state index in [0.717, 1.165) is 36.8 Å². The SMILES string of the molecule is COCCn1c(CN(C(=O)C2CCCC2)C(C)C)cnc1S(=O)(=O)Cc1ccc(C)cc1. The largest absolute Gasteiger partial charge is 0.383 e. The van der Waals surface area contributed by atoms with Gasteiger partial charge in [-0.05, 0) is 39.2 Å². The van der Waals surface area contributed by atoms with E-state index in [0.29, 0.717) is 25.4 Å². The molecule has 32 heavy (non-hydrogen) atoms. The van der Waals surface area contributed by atoms with Crippen molar-refractivity contribution in [3.05, 3.63) is 47.3 Å². The molecule has 1 fully saturated rings. The maximum absolute atomic E-state index is 13.2. The van der Waals surface area contributed by atoms with Gasteiger partial charge in [-0.15, -0.1) is 0 Å². The van der Waals surface area contributed by atoms with E-state index in [1.54, 1.807) is 17.9 Å². The number of hydrogen-bond donors (Lipinski definition) is 0. The van der Waals surface area contributed by atoms with Crippen molar-refractivity contribution in [2.75, 3.05) is 13.7 Å². The van der Waals surface area contributed by atoms with E-state index in [2.05, 4.69) is 4.98 Å². The second kappa shape index (κ2) is 10.6. The van der Waals surface area contributed by atoms with E-state index in [4.69, 9.17) is 4.74 Å². The molecule has 0 bridgehead atoms. The van der Waals surface area contributed by atoms with Gasteiger partial charge in [0.15, 0.2) is 0 Å². The van der Waals surface area contributed by atoms with Crippen LogP contribution in [0.15, 0.2) is 35.6 Å². The van der Waals surface area contributed by atoms with Crippen LogP contribution in [0.5, 0.6) is 0 Å². The van der Waals surface area contributed by atoms with Gasteiger partial charge in [-0.3, -0.25) is 4.79 Å². The summed E-state index contributed by atoms with van der Waals surface area (Å²) in [5, 5.41) is 0.0298. The Morgan fingerprint density at radius 3 is 2.47 bits per heavy atom. The number of nitrogens with zero attached hydrogens (tertiary/aromatic N) is 3. The van der Waals surface area contributed by atoms with Gasteiger partial charge in [0, 0.05) is 25.6 Å². The first-order valence-corrected chi connectivity index (χ1v) is 13.0. The number of ether oxygens (including phenoxy) is 1. The van der Waals surface area contributed by atoms with E-state index in [1.165, 1.54) is 0 Å². The fourth-order valence-corrected chi connectivity index (χ4v) is 5.77. The molecule has 1 aromatic carbocycles. The van der Waals surface area contributed by atoms with Gasteiger partial charge in [0.05, 0.1) is 30.8 Å². The van der Waals surface area contributed by atoms with Gasteiger partial charge >= 0.3 is 0 Å². The Morgan fingerprint density at radius 2 is 1.88 bits per heavy atom. The summed E-state index contributed by atoms with van der Waals surface area (Å²) in [6, 6.07) is 7.49. The first kappa shape index (κ1) is 24.5. The first-order chi connectivity index (χ1) is 15.2. The number of aromatic nitrogens is 2. The minimum atomic E-state index is -3.67. The van der Waals surface area contributed by atoms with E-state index in [1.807, 2.05) is 49.9 Å². The molecule has 176 valence electrons. The molecule has 1 aliphatic carbocycles. The molecule has 0 aliphatic heterocycles. The van der Waals surface area contributed by atoms with Gasteiger partial charge in [-0.25, -0.2) is 13.4 Å². The molecule has 3 rings (SSSR count). The molecule has 1 amide bonds. The van der Waals surface area contributed by atoms with Crippen molar-refractivity contribution in [3.63, 3.8) is 0 Å². The van der Waals surface area contributed by atoms with Crippen molar-refractivity contribution in [3.8, 4) is 0 Å². The number of amides is 1. The van der Waals surface area contributed by atoms with Gasteiger partial charge in [0.1, 0.15) is 0 Å². The predicted molar refractivity (Wildman–Crippen MR) is 124 cm³/mol. The van der Waals surface area contributed by atoms with Crippen molar-refractivity contribution < 1.29 is 17.9 Å².